The number of imidazole rings is 1. The average Bonchev–Trinajstić information content (AvgIpc) is 3.18. The number of nitrogens with zero attached hydrogens (tertiary/aromatic N) is 5. The molecule has 0 N–H and O–H groups in total. The first-order valence-corrected chi connectivity index (χ1v) is 7.56. The lowest BCUT2D eigenvalue weighted by Crippen LogP contribution is -2.49. The molecule has 1 saturated heterocycles. The van der Waals surface area contributed by atoms with Crippen molar-refractivity contribution >= 4 is 0 Å². The molecule has 1 aliphatic heterocycles. The summed E-state index contributed by atoms with van der Waals surface area (Å²) in [5.74, 6) is 1.69. The minimum atomic E-state index is -0.0137. The van der Waals surface area contributed by atoms with Gasteiger partial charge in [-0.05, 0) is 18.9 Å². The lowest BCUT2D eigenvalue weighted by atomic mass is 10.0. The van der Waals surface area contributed by atoms with Crippen LogP contribution in [0.15, 0.2) is 35.5 Å². The summed E-state index contributed by atoms with van der Waals surface area (Å²) in [6.45, 7) is 3.66. The molecule has 6 nitrogen and oxygen atoms in total. The van der Waals surface area contributed by atoms with E-state index in [0.717, 1.165) is 19.6 Å². The summed E-state index contributed by atoms with van der Waals surface area (Å²) < 4.78 is 3.88. The van der Waals surface area contributed by atoms with Crippen LogP contribution in [-0.2, 0) is 13.1 Å². The Kier molecular flexibility index (Phi) is 3.11. The Hall–Kier alpha value is -1.95. The van der Waals surface area contributed by atoms with Crippen LogP contribution in [0.1, 0.15) is 24.7 Å². The van der Waals surface area contributed by atoms with Crippen LogP contribution in [0, 0.1) is 5.92 Å². The van der Waals surface area contributed by atoms with Gasteiger partial charge in [0.05, 0.1) is 13.1 Å². The second-order valence-corrected chi connectivity index (χ2v) is 6.09. The van der Waals surface area contributed by atoms with E-state index in [2.05, 4.69) is 25.7 Å². The van der Waals surface area contributed by atoms with Crippen molar-refractivity contribution in [3.63, 3.8) is 0 Å². The third kappa shape index (κ3) is 2.63. The van der Waals surface area contributed by atoms with E-state index in [1.165, 1.54) is 18.7 Å². The predicted molar refractivity (Wildman–Crippen MR) is 77.8 cm³/mol. The Balaban J connectivity index is 1.32. The van der Waals surface area contributed by atoms with Gasteiger partial charge in [-0.15, -0.1) is 0 Å². The zero-order chi connectivity index (χ0) is 14.2. The Bertz CT molecular complexity index is 681. The van der Waals surface area contributed by atoms with Gasteiger partial charge in [0.2, 0.25) is 0 Å². The molecule has 6 heteroatoms. The SMILES string of the molecule is O=c1cccnn1CC1CN(Cc2nccn2C2CC2)C1. The Labute approximate surface area is 123 Å². The number of hydrogen-bond acceptors (Lipinski definition) is 4. The van der Waals surface area contributed by atoms with Gasteiger partial charge in [-0.1, -0.05) is 0 Å². The lowest BCUT2D eigenvalue weighted by molar-refractivity contribution is 0.0729. The zero-order valence-electron chi connectivity index (χ0n) is 11.9. The summed E-state index contributed by atoms with van der Waals surface area (Å²) >= 11 is 0. The highest BCUT2D eigenvalue weighted by Gasteiger charge is 2.30. The molecule has 1 saturated carbocycles. The van der Waals surface area contributed by atoms with Gasteiger partial charge in [0.15, 0.2) is 0 Å². The Morgan fingerprint density at radius 2 is 2.10 bits per heavy atom. The minimum Gasteiger partial charge on any atom is -0.331 e. The van der Waals surface area contributed by atoms with E-state index >= 15 is 0 Å². The molecular formula is C15H19N5O. The summed E-state index contributed by atoms with van der Waals surface area (Å²) in [6, 6.07) is 3.94. The normalized spacial score (nSPS) is 19.6. The fourth-order valence-electron chi connectivity index (χ4n) is 3.04. The maximum atomic E-state index is 11.6. The van der Waals surface area contributed by atoms with Gasteiger partial charge in [-0.3, -0.25) is 9.69 Å². The van der Waals surface area contributed by atoms with Crippen LogP contribution in [0.25, 0.3) is 0 Å². The largest absolute Gasteiger partial charge is 0.331 e. The van der Waals surface area contributed by atoms with E-state index in [9.17, 15) is 4.79 Å². The maximum absolute atomic E-state index is 11.6. The average molecular weight is 285 g/mol. The third-order valence-corrected chi connectivity index (χ3v) is 4.30. The second-order valence-electron chi connectivity index (χ2n) is 6.09. The summed E-state index contributed by atoms with van der Waals surface area (Å²) in [5, 5.41) is 4.12. The molecule has 2 aromatic rings. The molecule has 2 aromatic heterocycles. The fraction of sp³-hybridized carbons (Fsp3) is 0.533. The van der Waals surface area contributed by atoms with E-state index in [-0.39, 0.29) is 5.56 Å². The molecule has 0 bridgehead atoms. The van der Waals surface area contributed by atoms with Crippen molar-refractivity contribution in [1.29, 1.82) is 0 Å². The number of rotatable bonds is 5. The van der Waals surface area contributed by atoms with Gasteiger partial charge in [0.1, 0.15) is 5.82 Å². The van der Waals surface area contributed by atoms with Crippen molar-refractivity contribution in [2.75, 3.05) is 13.1 Å². The third-order valence-electron chi connectivity index (χ3n) is 4.30. The standard InChI is InChI=1S/C15H19N5O/c21-15-2-1-5-17-20(15)10-12-8-18(9-12)11-14-16-6-7-19(14)13-3-4-13/h1-2,5-7,12-13H,3-4,8-11H2. The number of hydrogen-bond donors (Lipinski definition) is 0. The smallest absolute Gasteiger partial charge is 0.266 e. The first kappa shape index (κ1) is 12.8. The molecule has 0 radical (unpaired) electrons. The molecule has 21 heavy (non-hydrogen) atoms. The molecule has 0 aromatic carbocycles. The van der Waals surface area contributed by atoms with Gasteiger partial charge in [0.25, 0.3) is 5.56 Å². The summed E-state index contributed by atoms with van der Waals surface area (Å²) in [6.07, 6.45) is 8.24. The van der Waals surface area contributed by atoms with Crippen LogP contribution in [0.5, 0.6) is 0 Å². The lowest BCUT2D eigenvalue weighted by Gasteiger charge is -2.39. The molecule has 0 spiro atoms. The topological polar surface area (TPSA) is 56.0 Å². The minimum absolute atomic E-state index is 0.0137. The first-order chi connectivity index (χ1) is 10.3. The van der Waals surface area contributed by atoms with Gasteiger partial charge in [0, 0.05) is 49.7 Å². The van der Waals surface area contributed by atoms with Crippen LogP contribution in [0.3, 0.4) is 0 Å². The van der Waals surface area contributed by atoms with E-state index in [0.29, 0.717) is 18.5 Å². The summed E-state index contributed by atoms with van der Waals surface area (Å²) in [7, 11) is 0. The molecule has 2 fully saturated rings. The molecule has 110 valence electrons. The van der Waals surface area contributed by atoms with Gasteiger partial charge < -0.3 is 4.57 Å². The van der Waals surface area contributed by atoms with Crippen molar-refractivity contribution in [1.82, 2.24) is 24.2 Å². The van der Waals surface area contributed by atoms with Crippen LogP contribution < -0.4 is 5.56 Å². The van der Waals surface area contributed by atoms with E-state index in [4.69, 9.17) is 0 Å². The molecule has 1 aliphatic carbocycles. The van der Waals surface area contributed by atoms with Gasteiger partial charge in [-0.2, -0.15) is 5.10 Å². The highest BCUT2D eigenvalue weighted by Crippen LogP contribution is 2.36. The van der Waals surface area contributed by atoms with E-state index < -0.39 is 0 Å². The van der Waals surface area contributed by atoms with E-state index in [1.54, 1.807) is 23.0 Å². The fourth-order valence-corrected chi connectivity index (χ4v) is 3.04. The summed E-state index contributed by atoms with van der Waals surface area (Å²) in [4.78, 5) is 18.5. The molecular weight excluding hydrogens is 266 g/mol. The molecule has 0 amide bonds. The number of aromatic nitrogens is 4. The monoisotopic (exact) mass is 285 g/mol. The number of likely N-dealkylation sites (tertiary alicyclic amines) is 1. The van der Waals surface area contributed by atoms with Crippen LogP contribution in [0.2, 0.25) is 0 Å². The van der Waals surface area contributed by atoms with Crippen molar-refractivity contribution in [3.05, 3.63) is 46.9 Å². The Morgan fingerprint density at radius 1 is 1.24 bits per heavy atom. The van der Waals surface area contributed by atoms with Crippen LogP contribution in [-0.4, -0.2) is 37.3 Å². The van der Waals surface area contributed by atoms with Crippen molar-refractivity contribution < 1.29 is 0 Å². The van der Waals surface area contributed by atoms with Crippen molar-refractivity contribution in [2.24, 2.45) is 5.92 Å². The van der Waals surface area contributed by atoms with E-state index in [1.807, 2.05) is 6.20 Å². The molecule has 3 heterocycles. The maximum Gasteiger partial charge on any atom is 0.266 e. The highest BCUT2D eigenvalue weighted by molar-refractivity contribution is 5.00. The molecule has 0 unspecified atom stereocenters. The molecule has 0 atom stereocenters. The predicted octanol–water partition coefficient (Wildman–Crippen LogP) is 0.907. The van der Waals surface area contributed by atoms with Crippen molar-refractivity contribution in [3.8, 4) is 0 Å². The summed E-state index contributed by atoms with van der Waals surface area (Å²) in [5.41, 5.74) is -0.0137. The molecule has 2 aliphatic rings. The van der Waals surface area contributed by atoms with Gasteiger partial charge >= 0.3 is 0 Å². The van der Waals surface area contributed by atoms with Crippen LogP contribution in [0.4, 0.5) is 0 Å². The zero-order valence-corrected chi connectivity index (χ0v) is 11.9. The quantitative estimate of drug-likeness (QED) is 0.819. The first-order valence-electron chi connectivity index (χ1n) is 7.56. The highest BCUT2D eigenvalue weighted by atomic mass is 16.1. The molecule has 4 rings (SSSR count). The second kappa shape index (κ2) is 5.11. The van der Waals surface area contributed by atoms with Crippen molar-refractivity contribution in [2.45, 2.75) is 32.0 Å². The Morgan fingerprint density at radius 3 is 2.86 bits per heavy atom. The van der Waals surface area contributed by atoms with Crippen LogP contribution >= 0.6 is 0 Å². The van der Waals surface area contributed by atoms with Gasteiger partial charge in [-0.25, -0.2) is 9.67 Å².